The van der Waals surface area contributed by atoms with Crippen LogP contribution in [-0.2, 0) is 15.7 Å². The molecule has 5 heteroatoms. The topological polar surface area (TPSA) is 44.7 Å². The lowest BCUT2D eigenvalue weighted by molar-refractivity contribution is -0.136. The first-order valence-electron chi connectivity index (χ1n) is 10.5. The molecule has 28 heavy (non-hydrogen) atoms. The Bertz CT molecular complexity index is 826. The third kappa shape index (κ3) is 2.87. The SMILES string of the molecule is O=C(C1C[S+](c2ccccc2)C23C=CC=CC2=NCCC13)N1CCCNCC1. The Labute approximate surface area is 170 Å². The minimum absolute atomic E-state index is 0.0359. The molecule has 2 fully saturated rings. The van der Waals surface area contributed by atoms with E-state index < -0.39 is 0 Å². The van der Waals surface area contributed by atoms with Gasteiger partial charge in [0.2, 0.25) is 5.91 Å². The second kappa shape index (κ2) is 7.53. The molecule has 1 aromatic rings. The zero-order chi connectivity index (χ0) is 19.0. The molecule has 4 nitrogen and oxygen atoms in total. The van der Waals surface area contributed by atoms with Crippen molar-refractivity contribution in [3.63, 3.8) is 0 Å². The van der Waals surface area contributed by atoms with E-state index in [2.05, 4.69) is 64.9 Å². The molecular formula is C23H28N3OS+. The molecule has 3 heterocycles. The van der Waals surface area contributed by atoms with E-state index in [0.717, 1.165) is 51.3 Å². The molecule has 0 bridgehead atoms. The molecule has 146 valence electrons. The molecule has 0 saturated carbocycles. The molecule has 4 atom stereocenters. The Balaban J connectivity index is 1.54. The van der Waals surface area contributed by atoms with Crippen molar-refractivity contribution in [3.05, 3.63) is 54.6 Å². The van der Waals surface area contributed by atoms with Crippen LogP contribution in [0, 0.1) is 11.8 Å². The summed E-state index contributed by atoms with van der Waals surface area (Å²) < 4.78 is -0.0984. The van der Waals surface area contributed by atoms with E-state index in [4.69, 9.17) is 4.99 Å². The number of rotatable bonds is 2. The highest BCUT2D eigenvalue weighted by atomic mass is 32.2. The normalized spacial score (nSPS) is 34.4. The summed E-state index contributed by atoms with van der Waals surface area (Å²) in [6.07, 6.45) is 10.9. The van der Waals surface area contributed by atoms with Crippen molar-refractivity contribution < 1.29 is 4.79 Å². The van der Waals surface area contributed by atoms with Gasteiger partial charge in [-0.05, 0) is 43.7 Å². The summed E-state index contributed by atoms with van der Waals surface area (Å²) in [6, 6.07) is 10.8. The molecule has 1 aromatic carbocycles. The smallest absolute Gasteiger partial charge is 0.231 e. The largest absolute Gasteiger partial charge is 0.341 e. The van der Waals surface area contributed by atoms with Crippen LogP contribution < -0.4 is 5.32 Å². The van der Waals surface area contributed by atoms with Crippen molar-refractivity contribution in [2.75, 3.05) is 38.5 Å². The zero-order valence-corrected chi connectivity index (χ0v) is 17.0. The van der Waals surface area contributed by atoms with E-state index in [-0.39, 0.29) is 21.6 Å². The van der Waals surface area contributed by atoms with Gasteiger partial charge in [0.1, 0.15) is 5.75 Å². The van der Waals surface area contributed by atoms with Gasteiger partial charge in [-0.15, -0.1) is 0 Å². The van der Waals surface area contributed by atoms with Crippen molar-refractivity contribution in [1.82, 2.24) is 10.2 Å². The summed E-state index contributed by atoms with van der Waals surface area (Å²) in [6.45, 7) is 4.49. The van der Waals surface area contributed by atoms with E-state index >= 15 is 0 Å². The van der Waals surface area contributed by atoms with E-state index in [1.165, 1.54) is 10.6 Å². The Hall–Kier alpha value is -1.85. The first-order chi connectivity index (χ1) is 13.8. The standard InChI is InChI=1S/C23H28N3OS/c27-22(26-15-6-12-24-14-16-26)19-17-28(18-7-2-1-3-8-18)23-11-5-4-9-21(23)25-13-10-20(19)23/h1-5,7-9,11,19-20,24H,6,10,12-17H2/q+1. The number of nitrogens with zero attached hydrogens (tertiary/aromatic N) is 2. The number of benzene rings is 1. The Morgan fingerprint density at radius 2 is 2.07 bits per heavy atom. The summed E-state index contributed by atoms with van der Waals surface area (Å²) in [5.41, 5.74) is 1.20. The maximum absolute atomic E-state index is 13.7. The van der Waals surface area contributed by atoms with Gasteiger partial charge in [0.15, 0.2) is 9.64 Å². The molecule has 4 aliphatic rings. The monoisotopic (exact) mass is 394 g/mol. The highest BCUT2D eigenvalue weighted by molar-refractivity contribution is 7.99. The van der Waals surface area contributed by atoms with E-state index in [1.807, 2.05) is 0 Å². The molecule has 1 N–H and O–H groups in total. The average Bonchev–Trinajstić information content (AvgIpc) is 2.89. The van der Waals surface area contributed by atoms with Gasteiger partial charge >= 0.3 is 0 Å². The van der Waals surface area contributed by atoms with Crippen LogP contribution >= 0.6 is 0 Å². The number of amides is 1. The molecule has 4 unspecified atom stereocenters. The van der Waals surface area contributed by atoms with Gasteiger partial charge in [-0.1, -0.05) is 30.4 Å². The Morgan fingerprint density at radius 3 is 2.96 bits per heavy atom. The highest BCUT2D eigenvalue weighted by Gasteiger charge is 2.67. The molecule has 2 saturated heterocycles. The summed E-state index contributed by atoms with van der Waals surface area (Å²) >= 11 is 0. The summed E-state index contributed by atoms with van der Waals surface area (Å²) in [5, 5.41) is 3.43. The molecule has 0 aromatic heterocycles. The fourth-order valence-electron chi connectivity index (χ4n) is 5.33. The quantitative estimate of drug-likeness (QED) is 0.783. The van der Waals surface area contributed by atoms with Crippen LogP contribution in [0.4, 0.5) is 0 Å². The molecule has 3 aliphatic heterocycles. The van der Waals surface area contributed by atoms with Crippen molar-refractivity contribution in [3.8, 4) is 0 Å². The van der Waals surface area contributed by atoms with Gasteiger partial charge in [0, 0.05) is 43.0 Å². The summed E-state index contributed by atoms with van der Waals surface area (Å²) in [4.78, 5) is 22.1. The average molecular weight is 395 g/mol. The van der Waals surface area contributed by atoms with Crippen molar-refractivity contribution in [1.29, 1.82) is 0 Å². The zero-order valence-electron chi connectivity index (χ0n) is 16.2. The lowest BCUT2D eigenvalue weighted by Crippen LogP contribution is -2.51. The van der Waals surface area contributed by atoms with E-state index in [1.54, 1.807) is 0 Å². The molecule has 1 spiro atoms. The predicted molar refractivity (Wildman–Crippen MR) is 116 cm³/mol. The Kier molecular flexibility index (Phi) is 4.89. The van der Waals surface area contributed by atoms with Crippen molar-refractivity contribution in [2.24, 2.45) is 16.8 Å². The number of nitrogens with one attached hydrogen (secondary N) is 1. The fraction of sp³-hybridized carbons (Fsp3) is 0.478. The Morgan fingerprint density at radius 1 is 1.18 bits per heavy atom. The second-order valence-electron chi connectivity index (χ2n) is 8.08. The number of carbonyl (C=O) groups excluding carboxylic acids is 1. The number of carbonyl (C=O) groups is 1. The van der Waals surface area contributed by atoms with Gasteiger partial charge in [-0.3, -0.25) is 9.79 Å². The highest BCUT2D eigenvalue weighted by Crippen LogP contribution is 2.52. The number of hydrogen-bond donors (Lipinski definition) is 1. The third-order valence-electron chi connectivity index (χ3n) is 6.62. The minimum Gasteiger partial charge on any atom is -0.341 e. The maximum atomic E-state index is 13.7. The molecule has 1 aliphatic carbocycles. The van der Waals surface area contributed by atoms with Gasteiger partial charge in [0.25, 0.3) is 0 Å². The first-order valence-corrected chi connectivity index (χ1v) is 11.9. The molecule has 1 amide bonds. The van der Waals surface area contributed by atoms with Crippen LogP contribution in [0.2, 0.25) is 0 Å². The van der Waals surface area contributed by atoms with E-state index in [9.17, 15) is 4.79 Å². The predicted octanol–water partition coefficient (Wildman–Crippen LogP) is 2.44. The van der Waals surface area contributed by atoms with Crippen LogP contribution in [0.25, 0.3) is 0 Å². The maximum Gasteiger partial charge on any atom is 0.231 e. The van der Waals surface area contributed by atoms with Crippen LogP contribution in [0.5, 0.6) is 0 Å². The second-order valence-corrected chi connectivity index (χ2v) is 10.3. The van der Waals surface area contributed by atoms with Crippen LogP contribution in [-0.4, -0.2) is 59.7 Å². The van der Waals surface area contributed by atoms with Gasteiger partial charge in [0.05, 0.1) is 11.6 Å². The van der Waals surface area contributed by atoms with Crippen LogP contribution in [0.3, 0.4) is 0 Å². The summed E-state index contributed by atoms with van der Waals surface area (Å²) in [5.74, 6) is 1.79. The fourth-order valence-corrected chi connectivity index (χ4v) is 8.69. The number of hydrogen-bond acceptors (Lipinski definition) is 3. The lowest BCUT2D eigenvalue weighted by Gasteiger charge is -2.36. The van der Waals surface area contributed by atoms with Gasteiger partial charge in [-0.2, -0.15) is 0 Å². The third-order valence-corrected chi connectivity index (χ3v) is 9.62. The number of allylic oxidation sites excluding steroid dienone is 3. The van der Waals surface area contributed by atoms with Crippen molar-refractivity contribution >= 4 is 22.5 Å². The van der Waals surface area contributed by atoms with Gasteiger partial charge in [-0.25, -0.2) is 0 Å². The molecule has 5 rings (SSSR count). The van der Waals surface area contributed by atoms with E-state index in [0.29, 0.717) is 11.8 Å². The summed E-state index contributed by atoms with van der Waals surface area (Å²) in [7, 11) is -0.0359. The van der Waals surface area contributed by atoms with Gasteiger partial charge < -0.3 is 10.2 Å². The van der Waals surface area contributed by atoms with Crippen molar-refractivity contribution in [2.45, 2.75) is 22.5 Å². The minimum atomic E-state index is -0.0984. The first kappa shape index (κ1) is 18.2. The molecular weight excluding hydrogens is 366 g/mol. The number of aliphatic imine (C=N–C) groups is 1. The molecule has 0 radical (unpaired) electrons. The van der Waals surface area contributed by atoms with Crippen LogP contribution in [0.1, 0.15) is 12.8 Å². The van der Waals surface area contributed by atoms with Crippen LogP contribution in [0.15, 0.2) is 64.5 Å². The lowest BCUT2D eigenvalue weighted by atomic mass is 9.74.